The van der Waals surface area contributed by atoms with Gasteiger partial charge >= 0.3 is 0 Å². The minimum absolute atomic E-state index is 0. The molecule has 0 spiro atoms. The molecule has 21 heavy (non-hydrogen) atoms. The molecule has 1 fully saturated rings. The fourth-order valence-corrected chi connectivity index (χ4v) is 4.52. The van der Waals surface area contributed by atoms with E-state index in [0.717, 1.165) is 30.6 Å². The van der Waals surface area contributed by atoms with Crippen LogP contribution >= 0.6 is 12.4 Å². The number of fused-ring (bicyclic) bond motifs is 1. The predicted octanol–water partition coefficient (Wildman–Crippen LogP) is 1.40. The number of sulfonamides is 1. The van der Waals surface area contributed by atoms with Crippen LogP contribution in [0.2, 0.25) is 0 Å². The first-order chi connectivity index (χ1) is 9.61. The molecule has 0 aliphatic carbocycles. The van der Waals surface area contributed by atoms with Crippen molar-refractivity contribution in [3.05, 3.63) is 23.8 Å². The van der Waals surface area contributed by atoms with E-state index in [0.29, 0.717) is 31.1 Å². The van der Waals surface area contributed by atoms with Crippen molar-refractivity contribution in [2.75, 3.05) is 26.2 Å². The number of ether oxygens (including phenoxy) is 1. The van der Waals surface area contributed by atoms with Crippen molar-refractivity contribution in [3.63, 3.8) is 0 Å². The van der Waals surface area contributed by atoms with Gasteiger partial charge in [0.05, 0.1) is 11.5 Å². The second-order valence-corrected chi connectivity index (χ2v) is 7.41. The normalized spacial score (nSPS) is 22.2. The highest BCUT2D eigenvalue weighted by molar-refractivity contribution is 7.89. The van der Waals surface area contributed by atoms with E-state index in [9.17, 15) is 8.42 Å². The maximum Gasteiger partial charge on any atom is 0.243 e. The van der Waals surface area contributed by atoms with Gasteiger partial charge in [-0.3, -0.25) is 0 Å². The van der Waals surface area contributed by atoms with Crippen LogP contribution in [0.3, 0.4) is 0 Å². The Morgan fingerprint density at radius 2 is 2.19 bits per heavy atom. The third kappa shape index (κ3) is 3.18. The largest absolute Gasteiger partial charge is 0.493 e. The van der Waals surface area contributed by atoms with Crippen LogP contribution in [-0.4, -0.2) is 39.0 Å². The highest BCUT2D eigenvalue weighted by atomic mass is 35.5. The molecule has 0 amide bonds. The van der Waals surface area contributed by atoms with Crippen LogP contribution in [0.5, 0.6) is 5.75 Å². The van der Waals surface area contributed by atoms with Crippen LogP contribution in [0.25, 0.3) is 0 Å². The van der Waals surface area contributed by atoms with E-state index in [2.05, 4.69) is 0 Å². The summed E-state index contributed by atoms with van der Waals surface area (Å²) in [6.07, 6.45) is 2.68. The summed E-state index contributed by atoms with van der Waals surface area (Å²) in [4.78, 5) is 0.374. The Morgan fingerprint density at radius 3 is 2.95 bits per heavy atom. The standard InChI is InChI=1S/C14H20N2O3S.ClH/c15-9-11-2-1-6-16(10-11)20(17,18)13-3-4-14-12(8-13)5-7-19-14;/h3-4,8,11H,1-2,5-7,9-10,15H2;1H. The minimum Gasteiger partial charge on any atom is -0.493 e. The summed E-state index contributed by atoms with van der Waals surface area (Å²) in [6, 6.07) is 5.16. The van der Waals surface area contributed by atoms with Crippen LogP contribution in [0, 0.1) is 5.92 Å². The third-order valence-electron chi connectivity index (χ3n) is 4.11. The van der Waals surface area contributed by atoms with Gasteiger partial charge < -0.3 is 10.5 Å². The highest BCUT2D eigenvalue weighted by Crippen LogP contribution is 2.30. The Labute approximate surface area is 131 Å². The summed E-state index contributed by atoms with van der Waals surface area (Å²) in [5, 5.41) is 0. The molecule has 7 heteroatoms. The maximum atomic E-state index is 12.7. The lowest BCUT2D eigenvalue weighted by Gasteiger charge is -2.31. The second-order valence-electron chi connectivity index (χ2n) is 5.47. The number of hydrogen-bond acceptors (Lipinski definition) is 4. The molecule has 5 nitrogen and oxygen atoms in total. The monoisotopic (exact) mass is 332 g/mol. The van der Waals surface area contributed by atoms with Crippen molar-refractivity contribution in [3.8, 4) is 5.75 Å². The van der Waals surface area contributed by atoms with Crippen LogP contribution in [-0.2, 0) is 16.4 Å². The van der Waals surface area contributed by atoms with Gasteiger partial charge in [-0.05, 0) is 49.1 Å². The van der Waals surface area contributed by atoms with Crippen LogP contribution < -0.4 is 10.5 Å². The fraction of sp³-hybridized carbons (Fsp3) is 0.571. The topological polar surface area (TPSA) is 72.6 Å². The minimum atomic E-state index is -3.40. The number of hydrogen-bond donors (Lipinski definition) is 1. The van der Waals surface area contributed by atoms with E-state index in [1.54, 1.807) is 22.5 Å². The van der Waals surface area contributed by atoms with E-state index < -0.39 is 10.0 Å². The van der Waals surface area contributed by atoms with Gasteiger partial charge in [0.25, 0.3) is 0 Å². The molecule has 0 saturated carbocycles. The summed E-state index contributed by atoms with van der Waals surface area (Å²) in [6.45, 7) is 2.31. The third-order valence-corrected chi connectivity index (χ3v) is 5.97. The van der Waals surface area contributed by atoms with Crippen molar-refractivity contribution in [1.29, 1.82) is 0 Å². The predicted molar refractivity (Wildman–Crippen MR) is 83.4 cm³/mol. The molecule has 2 heterocycles. The van der Waals surface area contributed by atoms with Gasteiger partial charge in [0.1, 0.15) is 5.75 Å². The average Bonchev–Trinajstić information content (AvgIpc) is 2.94. The van der Waals surface area contributed by atoms with Crippen molar-refractivity contribution in [2.24, 2.45) is 11.7 Å². The molecule has 1 aromatic carbocycles. The lowest BCUT2D eigenvalue weighted by atomic mass is 10.0. The Bertz CT molecular complexity index is 606. The molecule has 0 aromatic heterocycles. The molecular formula is C14H21ClN2O3S. The Kier molecular flexibility index (Phi) is 5.14. The fourth-order valence-electron chi connectivity index (χ4n) is 2.91. The van der Waals surface area contributed by atoms with Crippen LogP contribution in [0.15, 0.2) is 23.1 Å². The number of rotatable bonds is 3. The summed E-state index contributed by atoms with van der Waals surface area (Å²) in [5.41, 5.74) is 6.67. The number of benzene rings is 1. The summed E-state index contributed by atoms with van der Waals surface area (Å²) < 4.78 is 32.4. The molecule has 0 radical (unpaired) electrons. The number of nitrogens with zero attached hydrogens (tertiary/aromatic N) is 1. The quantitative estimate of drug-likeness (QED) is 0.908. The molecule has 118 valence electrons. The Hall–Kier alpha value is -0.820. The Morgan fingerprint density at radius 1 is 1.38 bits per heavy atom. The number of halogens is 1. The van der Waals surface area contributed by atoms with Gasteiger partial charge in [-0.1, -0.05) is 0 Å². The van der Waals surface area contributed by atoms with E-state index in [1.165, 1.54) is 0 Å². The maximum absolute atomic E-state index is 12.7. The van der Waals surface area contributed by atoms with Gasteiger partial charge in [-0.15, -0.1) is 12.4 Å². The van der Waals surface area contributed by atoms with Gasteiger partial charge in [-0.2, -0.15) is 4.31 Å². The zero-order chi connectivity index (χ0) is 14.2. The van der Waals surface area contributed by atoms with E-state index in [1.807, 2.05) is 0 Å². The number of nitrogens with two attached hydrogens (primary N) is 1. The first-order valence-electron chi connectivity index (χ1n) is 7.07. The lowest BCUT2D eigenvalue weighted by molar-refractivity contribution is 0.271. The molecule has 1 atom stereocenters. The molecule has 0 bridgehead atoms. The summed E-state index contributed by atoms with van der Waals surface area (Å²) in [5.74, 6) is 1.08. The molecule has 1 saturated heterocycles. The van der Waals surface area contributed by atoms with E-state index in [4.69, 9.17) is 10.5 Å². The van der Waals surface area contributed by atoms with Gasteiger partial charge in [0.2, 0.25) is 10.0 Å². The van der Waals surface area contributed by atoms with Crippen molar-refractivity contribution in [2.45, 2.75) is 24.2 Å². The molecule has 2 N–H and O–H groups in total. The smallest absolute Gasteiger partial charge is 0.243 e. The number of piperidine rings is 1. The average molecular weight is 333 g/mol. The van der Waals surface area contributed by atoms with Crippen molar-refractivity contribution in [1.82, 2.24) is 4.31 Å². The van der Waals surface area contributed by atoms with Gasteiger partial charge in [0, 0.05) is 19.5 Å². The molecular weight excluding hydrogens is 312 g/mol. The molecule has 3 rings (SSSR count). The van der Waals surface area contributed by atoms with Gasteiger partial charge in [0.15, 0.2) is 0 Å². The second kappa shape index (κ2) is 6.52. The first kappa shape index (κ1) is 16.5. The first-order valence-corrected chi connectivity index (χ1v) is 8.51. The molecule has 2 aliphatic heterocycles. The van der Waals surface area contributed by atoms with Crippen LogP contribution in [0.4, 0.5) is 0 Å². The highest BCUT2D eigenvalue weighted by Gasteiger charge is 2.30. The summed E-state index contributed by atoms with van der Waals surface area (Å²) in [7, 11) is -3.40. The SMILES string of the molecule is Cl.NCC1CCCN(S(=O)(=O)c2ccc3c(c2)CCO3)C1. The van der Waals surface area contributed by atoms with Crippen LogP contribution in [0.1, 0.15) is 18.4 Å². The summed E-state index contributed by atoms with van der Waals surface area (Å²) >= 11 is 0. The van der Waals surface area contributed by atoms with Crippen molar-refractivity contribution >= 4 is 22.4 Å². The zero-order valence-electron chi connectivity index (χ0n) is 11.8. The molecule has 2 aliphatic rings. The van der Waals surface area contributed by atoms with Crippen molar-refractivity contribution < 1.29 is 13.2 Å². The van der Waals surface area contributed by atoms with E-state index in [-0.39, 0.29) is 18.3 Å². The molecule has 1 aromatic rings. The zero-order valence-corrected chi connectivity index (χ0v) is 13.5. The lowest BCUT2D eigenvalue weighted by Crippen LogP contribution is -2.41. The Balaban J connectivity index is 0.00000161. The van der Waals surface area contributed by atoms with E-state index >= 15 is 0 Å². The molecule has 1 unspecified atom stereocenters. The van der Waals surface area contributed by atoms with Gasteiger partial charge in [-0.25, -0.2) is 8.42 Å².